The predicted octanol–water partition coefficient (Wildman–Crippen LogP) is 4.96. The Kier molecular flexibility index (Phi) is 4.77. The first kappa shape index (κ1) is 19.4. The van der Waals surface area contributed by atoms with Crippen molar-refractivity contribution >= 4 is 23.0 Å². The Morgan fingerprint density at radius 1 is 1.26 bits per heavy atom. The van der Waals surface area contributed by atoms with E-state index < -0.39 is 11.6 Å². The fourth-order valence-electron chi connectivity index (χ4n) is 4.25. The summed E-state index contributed by atoms with van der Waals surface area (Å²) in [4.78, 5) is 11.6. The van der Waals surface area contributed by atoms with Crippen LogP contribution in [0.15, 0.2) is 48.1 Å². The number of halogens is 2. The Labute approximate surface area is 178 Å². The number of aliphatic imine (C=N–C) groups is 1. The van der Waals surface area contributed by atoms with Crippen LogP contribution in [0.1, 0.15) is 24.1 Å². The summed E-state index contributed by atoms with van der Waals surface area (Å²) in [6.45, 7) is 7.57. The molecule has 2 N–H and O–H groups in total. The summed E-state index contributed by atoms with van der Waals surface area (Å²) in [5.41, 5.74) is 3.10. The third kappa shape index (κ3) is 3.37. The number of aryl methyl sites for hydroxylation is 1. The summed E-state index contributed by atoms with van der Waals surface area (Å²) in [7, 11) is 0. The SMILES string of the molecule is C=CC1CCCN(c2cc3c(c(C)n2)N=C(c2c(F)cccc2F)Nc2cn[nH]c2-3)C1. The van der Waals surface area contributed by atoms with Crippen LogP contribution >= 0.6 is 0 Å². The van der Waals surface area contributed by atoms with E-state index in [4.69, 9.17) is 4.98 Å². The number of fused-ring (bicyclic) bond motifs is 3. The Balaban J connectivity index is 1.67. The molecular weight excluding hydrogens is 398 g/mol. The summed E-state index contributed by atoms with van der Waals surface area (Å²) < 4.78 is 29.0. The number of nitrogens with one attached hydrogen (secondary N) is 2. The van der Waals surface area contributed by atoms with Gasteiger partial charge in [0.2, 0.25) is 0 Å². The zero-order chi connectivity index (χ0) is 21.5. The van der Waals surface area contributed by atoms with Crippen LogP contribution in [-0.4, -0.2) is 34.1 Å². The lowest BCUT2D eigenvalue weighted by molar-refractivity contribution is 0.483. The third-order valence-corrected chi connectivity index (χ3v) is 5.85. The van der Waals surface area contributed by atoms with E-state index in [-0.39, 0.29) is 11.4 Å². The van der Waals surface area contributed by atoms with E-state index in [0.717, 1.165) is 37.3 Å². The van der Waals surface area contributed by atoms with E-state index in [1.54, 1.807) is 6.20 Å². The van der Waals surface area contributed by atoms with Gasteiger partial charge in [0.1, 0.15) is 23.3 Å². The molecule has 1 atom stereocenters. The molecule has 31 heavy (non-hydrogen) atoms. The molecule has 3 aromatic rings. The van der Waals surface area contributed by atoms with Crippen LogP contribution in [-0.2, 0) is 0 Å². The molecule has 5 rings (SSSR count). The molecule has 0 spiro atoms. The van der Waals surface area contributed by atoms with Gasteiger partial charge in [0.15, 0.2) is 0 Å². The largest absolute Gasteiger partial charge is 0.356 e. The number of piperidine rings is 1. The van der Waals surface area contributed by atoms with Gasteiger partial charge in [-0.2, -0.15) is 5.10 Å². The average Bonchev–Trinajstić information content (AvgIpc) is 3.16. The Hall–Kier alpha value is -3.55. The van der Waals surface area contributed by atoms with Gasteiger partial charge in [0, 0.05) is 18.7 Å². The first-order valence-corrected chi connectivity index (χ1v) is 10.3. The van der Waals surface area contributed by atoms with Crippen molar-refractivity contribution in [1.82, 2.24) is 15.2 Å². The van der Waals surface area contributed by atoms with E-state index in [2.05, 4.69) is 32.0 Å². The minimum Gasteiger partial charge on any atom is -0.356 e. The Morgan fingerprint density at radius 2 is 2.06 bits per heavy atom. The van der Waals surface area contributed by atoms with E-state index in [0.29, 0.717) is 28.7 Å². The lowest BCUT2D eigenvalue weighted by Crippen LogP contribution is -2.35. The third-order valence-electron chi connectivity index (χ3n) is 5.85. The minimum atomic E-state index is -0.689. The highest BCUT2D eigenvalue weighted by Gasteiger charge is 2.26. The van der Waals surface area contributed by atoms with Crippen LogP contribution in [0.2, 0.25) is 0 Å². The van der Waals surface area contributed by atoms with Crippen molar-refractivity contribution in [2.24, 2.45) is 10.9 Å². The van der Waals surface area contributed by atoms with Crippen molar-refractivity contribution in [3.63, 3.8) is 0 Å². The van der Waals surface area contributed by atoms with Gasteiger partial charge in [0.05, 0.1) is 34.5 Å². The highest BCUT2D eigenvalue weighted by atomic mass is 19.1. The van der Waals surface area contributed by atoms with Crippen molar-refractivity contribution in [2.75, 3.05) is 23.3 Å². The number of anilines is 2. The van der Waals surface area contributed by atoms with Gasteiger partial charge in [-0.3, -0.25) is 5.10 Å². The van der Waals surface area contributed by atoms with Crippen LogP contribution in [0.5, 0.6) is 0 Å². The molecule has 0 bridgehead atoms. The summed E-state index contributed by atoms with van der Waals surface area (Å²) in [6.07, 6.45) is 5.78. The predicted molar refractivity (Wildman–Crippen MR) is 118 cm³/mol. The molecule has 2 aromatic heterocycles. The molecule has 8 heteroatoms. The fourth-order valence-corrected chi connectivity index (χ4v) is 4.25. The maximum Gasteiger partial charge on any atom is 0.144 e. The van der Waals surface area contributed by atoms with Gasteiger partial charge in [0.25, 0.3) is 0 Å². The number of rotatable bonds is 3. The van der Waals surface area contributed by atoms with Gasteiger partial charge < -0.3 is 10.2 Å². The second kappa shape index (κ2) is 7.61. The van der Waals surface area contributed by atoms with Crippen LogP contribution in [0.3, 0.4) is 0 Å². The van der Waals surface area contributed by atoms with Crippen molar-refractivity contribution in [3.05, 3.63) is 66.0 Å². The van der Waals surface area contributed by atoms with Gasteiger partial charge in [-0.05, 0) is 43.9 Å². The van der Waals surface area contributed by atoms with Crippen molar-refractivity contribution in [1.29, 1.82) is 0 Å². The van der Waals surface area contributed by atoms with Crippen LogP contribution < -0.4 is 10.2 Å². The first-order valence-electron chi connectivity index (χ1n) is 10.3. The maximum absolute atomic E-state index is 14.5. The zero-order valence-electron chi connectivity index (χ0n) is 17.1. The molecule has 1 fully saturated rings. The number of hydrogen-bond acceptors (Lipinski definition) is 5. The van der Waals surface area contributed by atoms with E-state index >= 15 is 0 Å². The average molecular weight is 420 g/mol. The Morgan fingerprint density at radius 3 is 2.84 bits per heavy atom. The smallest absolute Gasteiger partial charge is 0.144 e. The second-order valence-electron chi connectivity index (χ2n) is 7.89. The molecule has 2 aliphatic rings. The quantitative estimate of drug-likeness (QED) is 0.588. The van der Waals surface area contributed by atoms with Crippen molar-refractivity contribution in [3.8, 4) is 11.3 Å². The normalized spacial score (nSPS) is 17.8. The number of aromatic nitrogens is 3. The van der Waals surface area contributed by atoms with Crippen molar-refractivity contribution < 1.29 is 8.78 Å². The molecule has 0 aliphatic carbocycles. The number of pyridine rings is 1. The van der Waals surface area contributed by atoms with Gasteiger partial charge >= 0.3 is 0 Å². The number of hydrogen-bond donors (Lipinski definition) is 2. The molecular formula is C23H22F2N6. The van der Waals surface area contributed by atoms with Crippen molar-refractivity contribution in [2.45, 2.75) is 19.8 Å². The molecule has 4 heterocycles. The second-order valence-corrected chi connectivity index (χ2v) is 7.89. The molecule has 0 radical (unpaired) electrons. The number of amidine groups is 1. The molecule has 1 saturated heterocycles. The molecule has 0 saturated carbocycles. The number of benzene rings is 1. The summed E-state index contributed by atoms with van der Waals surface area (Å²) in [5, 5.41) is 10.2. The molecule has 1 unspecified atom stereocenters. The Bertz CT molecular complexity index is 1180. The van der Waals surface area contributed by atoms with Crippen LogP contribution in [0.4, 0.5) is 26.0 Å². The van der Waals surface area contributed by atoms with Crippen LogP contribution in [0, 0.1) is 24.5 Å². The van der Waals surface area contributed by atoms with Gasteiger partial charge in [-0.15, -0.1) is 6.58 Å². The molecule has 1 aromatic carbocycles. The van der Waals surface area contributed by atoms with Crippen LogP contribution in [0.25, 0.3) is 11.3 Å². The van der Waals surface area contributed by atoms with E-state index in [1.807, 2.05) is 19.1 Å². The number of H-pyrrole nitrogens is 1. The maximum atomic E-state index is 14.5. The summed E-state index contributed by atoms with van der Waals surface area (Å²) >= 11 is 0. The number of aromatic amines is 1. The lowest BCUT2D eigenvalue weighted by atomic mass is 9.98. The van der Waals surface area contributed by atoms with E-state index in [1.165, 1.54) is 18.2 Å². The summed E-state index contributed by atoms with van der Waals surface area (Å²) in [6, 6.07) is 5.73. The van der Waals surface area contributed by atoms with Gasteiger partial charge in [-0.1, -0.05) is 12.1 Å². The molecule has 6 nitrogen and oxygen atoms in total. The topological polar surface area (TPSA) is 69.2 Å². The number of nitrogens with zero attached hydrogens (tertiary/aromatic N) is 4. The highest BCUT2D eigenvalue weighted by molar-refractivity contribution is 6.13. The van der Waals surface area contributed by atoms with Gasteiger partial charge in [-0.25, -0.2) is 18.8 Å². The monoisotopic (exact) mass is 420 g/mol. The molecule has 2 aliphatic heterocycles. The van der Waals surface area contributed by atoms with E-state index in [9.17, 15) is 8.78 Å². The highest BCUT2D eigenvalue weighted by Crippen LogP contribution is 2.41. The minimum absolute atomic E-state index is 0.0827. The molecule has 158 valence electrons. The fraction of sp³-hybridized carbons (Fsp3) is 0.261. The standard InChI is InChI=1S/C23H22F2N6/c1-3-14-6-5-9-31(12-14)19-10-15-21(13(2)27-19)29-23(28-18-11-26-30-22(15)18)20-16(24)7-4-8-17(20)25/h3-4,7-8,10-11,14H,1,5-6,9,12H2,2H3,(H,26,30)(H,28,29). The lowest BCUT2D eigenvalue weighted by Gasteiger charge is -2.32. The first-order chi connectivity index (χ1) is 15.0. The molecule has 0 amide bonds. The zero-order valence-corrected chi connectivity index (χ0v) is 17.1. The summed E-state index contributed by atoms with van der Waals surface area (Å²) in [5.74, 6) is -0.0253.